The molecular weight excluding hydrogens is 603 g/mol. The summed E-state index contributed by atoms with van der Waals surface area (Å²) in [6.07, 6.45) is -4.60. The number of fused-ring (bicyclic) bond motifs is 5. The standard InChI is InChI=1S/C38H36F3N3OS/c1-19(2)24-15-22(37(6,7)8)16-25(20(3)4)33(24)44-29-12-10-9-11-27(29)42-35(44)23-14-13-21(5)32-26-17-31-28(18-30(26)45-34(23)32)43-36(46-31)38(39,40)41/h9-20H,1-8H3/i5D3. The van der Waals surface area contributed by atoms with Crippen molar-refractivity contribution in [2.75, 3.05) is 0 Å². The maximum Gasteiger partial charge on any atom is 0.443 e. The number of aromatic nitrogens is 3. The predicted molar refractivity (Wildman–Crippen MR) is 184 cm³/mol. The minimum Gasteiger partial charge on any atom is -0.455 e. The molecule has 236 valence electrons. The Hall–Kier alpha value is -4.17. The monoisotopic (exact) mass is 642 g/mol. The summed E-state index contributed by atoms with van der Waals surface area (Å²) in [7, 11) is 0. The zero-order chi connectivity index (χ0) is 35.4. The van der Waals surface area contributed by atoms with E-state index in [2.05, 4.69) is 70.1 Å². The van der Waals surface area contributed by atoms with Crippen LogP contribution < -0.4 is 0 Å². The van der Waals surface area contributed by atoms with E-state index in [9.17, 15) is 13.2 Å². The number of halogens is 3. The summed E-state index contributed by atoms with van der Waals surface area (Å²) in [5.74, 6) is 0.902. The molecule has 7 rings (SSSR count). The third kappa shape index (κ3) is 4.80. The maximum atomic E-state index is 13.6. The van der Waals surface area contributed by atoms with E-state index in [1.807, 2.05) is 24.3 Å². The van der Waals surface area contributed by atoms with Crippen LogP contribution in [0.15, 0.2) is 65.1 Å². The van der Waals surface area contributed by atoms with E-state index in [4.69, 9.17) is 13.5 Å². The Labute approximate surface area is 274 Å². The number of alkyl halides is 3. The molecule has 46 heavy (non-hydrogen) atoms. The van der Waals surface area contributed by atoms with Crippen LogP contribution in [-0.2, 0) is 11.6 Å². The van der Waals surface area contributed by atoms with Gasteiger partial charge in [-0.1, -0.05) is 78.8 Å². The number of nitrogens with zero attached hydrogens (tertiary/aromatic N) is 3. The molecule has 8 heteroatoms. The van der Waals surface area contributed by atoms with Crippen molar-refractivity contribution in [3.63, 3.8) is 0 Å². The molecule has 4 nitrogen and oxygen atoms in total. The van der Waals surface area contributed by atoms with E-state index in [0.29, 0.717) is 43.8 Å². The van der Waals surface area contributed by atoms with Crippen LogP contribution in [0.2, 0.25) is 0 Å². The molecule has 0 aliphatic rings. The van der Waals surface area contributed by atoms with Crippen molar-refractivity contribution in [1.29, 1.82) is 0 Å². The Balaban J connectivity index is 1.61. The molecule has 3 aromatic heterocycles. The van der Waals surface area contributed by atoms with Crippen molar-refractivity contribution < 1.29 is 21.7 Å². The lowest BCUT2D eigenvalue weighted by molar-refractivity contribution is -0.137. The molecule has 0 atom stereocenters. The van der Waals surface area contributed by atoms with Gasteiger partial charge in [-0.05, 0) is 70.6 Å². The molecule has 0 amide bonds. The molecule has 0 aliphatic carbocycles. The summed E-state index contributed by atoms with van der Waals surface area (Å²) in [6.45, 7) is 12.8. The number of thiazole rings is 1. The number of hydrogen-bond acceptors (Lipinski definition) is 4. The fraction of sp³-hybridized carbons (Fsp3) is 0.316. The summed E-state index contributed by atoms with van der Waals surface area (Å²) in [5.41, 5.74) is 7.46. The minimum atomic E-state index is -4.60. The lowest BCUT2D eigenvalue weighted by Crippen LogP contribution is -2.16. The van der Waals surface area contributed by atoms with Gasteiger partial charge in [0.25, 0.3) is 0 Å². The van der Waals surface area contributed by atoms with Gasteiger partial charge in [0.1, 0.15) is 17.0 Å². The fourth-order valence-electron chi connectivity index (χ4n) is 6.28. The molecule has 0 N–H and O–H groups in total. The summed E-state index contributed by atoms with van der Waals surface area (Å²) >= 11 is 0.524. The van der Waals surface area contributed by atoms with E-state index in [1.165, 1.54) is 11.6 Å². The number of aryl methyl sites for hydroxylation is 1. The predicted octanol–water partition coefficient (Wildman–Crippen LogP) is 12.1. The van der Waals surface area contributed by atoms with Crippen LogP contribution in [0.3, 0.4) is 0 Å². The first kappa shape index (κ1) is 27.0. The van der Waals surface area contributed by atoms with Crippen LogP contribution in [0.1, 0.15) is 91.7 Å². The molecule has 0 fully saturated rings. The first-order valence-electron chi connectivity index (χ1n) is 16.9. The van der Waals surface area contributed by atoms with Crippen molar-refractivity contribution in [2.45, 2.75) is 78.7 Å². The van der Waals surface area contributed by atoms with Crippen LogP contribution in [-0.4, -0.2) is 14.5 Å². The molecule has 0 aliphatic heterocycles. The first-order valence-corrected chi connectivity index (χ1v) is 16.2. The summed E-state index contributed by atoms with van der Waals surface area (Å²) in [5, 5.41) is -0.230. The highest BCUT2D eigenvalue weighted by Crippen LogP contribution is 2.45. The number of furan rings is 1. The van der Waals surface area contributed by atoms with Gasteiger partial charge >= 0.3 is 6.18 Å². The van der Waals surface area contributed by atoms with Crippen molar-refractivity contribution in [2.24, 2.45) is 0 Å². The number of para-hydroxylation sites is 2. The van der Waals surface area contributed by atoms with Crippen LogP contribution in [0.5, 0.6) is 0 Å². The largest absolute Gasteiger partial charge is 0.455 e. The van der Waals surface area contributed by atoms with Crippen molar-refractivity contribution >= 4 is 54.5 Å². The van der Waals surface area contributed by atoms with Crippen molar-refractivity contribution in [3.05, 3.63) is 87.9 Å². The first-order chi connectivity index (χ1) is 22.8. The minimum absolute atomic E-state index is 0.0489. The van der Waals surface area contributed by atoms with Crippen LogP contribution in [0, 0.1) is 6.85 Å². The Morgan fingerprint density at radius 2 is 1.57 bits per heavy atom. The maximum absolute atomic E-state index is 13.6. The van der Waals surface area contributed by atoms with Crippen LogP contribution >= 0.6 is 11.3 Å². The smallest absolute Gasteiger partial charge is 0.443 e. The van der Waals surface area contributed by atoms with Gasteiger partial charge in [-0.15, -0.1) is 11.3 Å². The normalized spacial score (nSPS) is 14.3. The van der Waals surface area contributed by atoms with Gasteiger partial charge in [0.05, 0.1) is 32.5 Å². The lowest BCUT2D eigenvalue weighted by atomic mass is 9.81. The summed E-state index contributed by atoms with van der Waals surface area (Å²) in [6, 6.07) is 18.8. The van der Waals surface area contributed by atoms with Crippen molar-refractivity contribution in [1.82, 2.24) is 14.5 Å². The molecule has 3 heterocycles. The molecule has 0 spiro atoms. The zero-order valence-corrected chi connectivity index (χ0v) is 27.5. The van der Waals surface area contributed by atoms with E-state index >= 15 is 0 Å². The fourth-order valence-corrected chi connectivity index (χ4v) is 7.14. The highest BCUT2D eigenvalue weighted by molar-refractivity contribution is 7.18. The molecule has 0 saturated heterocycles. The summed E-state index contributed by atoms with van der Waals surface area (Å²) in [4.78, 5) is 8.98. The number of hydrogen-bond donors (Lipinski definition) is 0. The lowest BCUT2D eigenvalue weighted by Gasteiger charge is -2.28. The van der Waals surface area contributed by atoms with Gasteiger partial charge < -0.3 is 4.42 Å². The second kappa shape index (κ2) is 10.4. The van der Waals surface area contributed by atoms with Gasteiger partial charge in [-0.2, -0.15) is 13.2 Å². The third-order valence-electron chi connectivity index (χ3n) is 8.68. The van der Waals surface area contributed by atoms with Gasteiger partial charge in [-0.25, -0.2) is 9.97 Å². The molecular formula is C38H36F3N3OS. The number of imidazole rings is 1. The third-order valence-corrected chi connectivity index (χ3v) is 9.74. The molecule has 0 bridgehead atoms. The molecule has 7 aromatic rings. The van der Waals surface area contributed by atoms with Crippen molar-refractivity contribution in [3.8, 4) is 17.1 Å². The van der Waals surface area contributed by atoms with Gasteiger partial charge in [0, 0.05) is 21.0 Å². The van der Waals surface area contributed by atoms with E-state index < -0.39 is 18.0 Å². The molecule has 4 aromatic carbocycles. The highest BCUT2D eigenvalue weighted by Gasteiger charge is 2.35. The molecule has 0 unspecified atom stereocenters. The average Bonchev–Trinajstić information content (AvgIpc) is 3.70. The second-order valence-electron chi connectivity index (χ2n) is 13.6. The van der Waals surface area contributed by atoms with Gasteiger partial charge in [0.2, 0.25) is 0 Å². The SMILES string of the molecule is [2H]C([2H])([2H])c1ccc(-c2nc3ccccc3n2-c2c(C(C)C)cc(C(C)(C)C)cc2C(C)C)c2oc3cc4nc(C(F)(F)F)sc4cc3c12. The number of rotatable bonds is 4. The Kier molecular flexibility index (Phi) is 6.12. The van der Waals surface area contributed by atoms with E-state index in [0.717, 1.165) is 27.8 Å². The second-order valence-corrected chi connectivity index (χ2v) is 14.7. The Bertz CT molecular complexity index is 2400. The number of benzene rings is 4. The van der Waals surface area contributed by atoms with Gasteiger partial charge in [0.15, 0.2) is 5.01 Å². The average molecular weight is 643 g/mol. The highest BCUT2D eigenvalue weighted by atomic mass is 32.1. The molecule has 0 radical (unpaired) electrons. The van der Waals surface area contributed by atoms with E-state index in [1.54, 1.807) is 18.2 Å². The van der Waals surface area contributed by atoms with Crippen LogP contribution in [0.4, 0.5) is 13.2 Å². The quantitative estimate of drug-likeness (QED) is 0.192. The molecule has 0 saturated carbocycles. The zero-order valence-electron chi connectivity index (χ0n) is 29.7. The Morgan fingerprint density at radius 3 is 2.20 bits per heavy atom. The van der Waals surface area contributed by atoms with E-state index in [-0.39, 0.29) is 33.9 Å². The van der Waals surface area contributed by atoms with Crippen LogP contribution in [0.25, 0.3) is 60.3 Å². The topological polar surface area (TPSA) is 43.9 Å². The Morgan fingerprint density at radius 1 is 0.870 bits per heavy atom. The van der Waals surface area contributed by atoms with Gasteiger partial charge in [-0.3, -0.25) is 4.57 Å². The summed E-state index contributed by atoms with van der Waals surface area (Å²) < 4.78 is 74.8.